The molecule has 4 rings (SSSR count). The van der Waals surface area contributed by atoms with E-state index in [9.17, 15) is 4.79 Å². The highest BCUT2D eigenvalue weighted by atomic mass is 16.6. The van der Waals surface area contributed by atoms with E-state index in [-0.39, 0.29) is 5.91 Å². The minimum atomic E-state index is 0.0733. The molecule has 0 unspecified atom stereocenters. The maximum absolute atomic E-state index is 11.6. The van der Waals surface area contributed by atoms with E-state index < -0.39 is 0 Å². The van der Waals surface area contributed by atoms with Gasteiger partial charge in [-0.1, -0.05) is 0 Å². The number of anilines is 2. The molecule has 0 saturated carbocycles. The van der Waals surface area contributed by atoms with Gasteiger partial charge in [-0.05, 0) is 29.6 Å². The Morgan fingerprint density at radius 2 is 1.52 bits per heavy atom. The standard InChI is InChI=1S/C14H19N7O2/c22-10-4-8-21(9-5-15-10)14-13(20-6-2-1-3-7-20)16-11-12(17-14)19-23-18-11/h1-9H2,(H,15,22). The molecule has 0 aliphatic carbocycles. The number of hydrogen-bond acceptors (Lipinski definition) is 8. The first-order valence-electron chi connectivity index (χ1n) is 8.08. The van der Waals surface area contributed by atoms with Crippen molar-refractivity contribution in [3.8, 4) is 0 Å². The van der Waals surface area contributed by atoms with Gasteiger partial charge in [-0.2, -0.15) is 0 Å². The normalized spacial score (nSPS) is 19.7. The topological polar surface area (TPSA) is 100 Å². The van der Waals surface area contributed by atoms with Crippen LogP contribution in [0.15, 0.2) is 4.63 Å². The molecular formula is C14H19N7O2. The molecule has 0 atom stereocenters. The molecule has 2 saturated heterocycles. The lowest BCUT2D eigenvalue weighted by Gasteiger charge is -2.31. The monoisotopic (exact) mass is 317 g/mol. The third-order valence-corrected chi connectivity index (χ3v) is 4.35. The first-order chi connectivity index (χ1) is 11.3. The van der Waals surface area contributed by atoms with E-state index in [4.69, 9.17) is 4.63 Å². The van der Waals surface area contributed by atoms with Crippen LogP contribution < -0.4 is 15.1 Å². The van der Waals surface area contributed by atoms with Crippen LogP contribution in [0, 0.1) is 0 Å². The fourth-order valence-electron chi connectivity index (χ4n) is 3.13. The highest BCUT2D eigenvalue weighted by Crippen LogP contribution is 2.29. The third-order valence-electron chi connectivity index (χ3n) is 4.35. The summed E-state index contributed by atoms with van der Waals surface area (Å²) in [7, 11) is 0. The summed E-state index contributed by atoms with van der Waals surface area (Å²) < 4.78 is 4.76. The van der Waals surface area contributed by atoms with Crippen LogP contribution in [0.5, 0.6) is 0 Å². The minimum Gasteiger partial charge on any atom is -0.354 e. The smallest absolute Gasteiger partial charge is 0.245 e. The summed E-state index contributed by atoms with van der Waals surface area (Å²) in [5.41, 5.74) is 0.836. The van der Waals surface area contributed by atoms with Gasteiger partial charge in [0.05, 0.1) is 0 Å². The van der Waals surface area contributed by atoms with Crippen LogP contribution in [0.4, 0.5) is 11.6 Å². The van der Waals surface area contributed by atoms with Crippen molar-refractivity contribution in [2.75, 3.05) is 42.5 Å². The quantitative estimate of drug-likeness (QED) is 0.846. The molecule has 2 aliphatic rings. The molecule has 9 heteroatoms. The fraction of sp³-hybridized carbons (Fsp3) is 0.643. The Morgan fingerprint density at radius 1 is 0.870 bits per heavy atom. The van der Waals surface area contributed by atoms with E-state index in [1.165, 1.54) is 6.42 Å². The number of hydrogen-bond donors (Lipinski definition) is 1. The van der Waals surface area contributed by atoms with E-state index in [0.29, 0.717) is 37.3 Å². The van der Waals surface area contributed by atoms with Gasteiger partial charge < -0.3 is 15.1 Å². The number of nitrogens with zero attached hydrogens (tertiary/aromatic N) is 6. The summed E-state index contributed by atoms with van der Waals surface area (Å²) >= 11 is 0. The Morgan fingerprint density at radius 3 is 2.22 bits per heavy atom. The number of piperidine rings is 1. The molecule has 23 heavy (non-hydrogen) atoms. The van der Waals surface area contributed by atoms with Crippen LogP contribution in [0.1, 0.15) is 25.7 Å². The second-order valence-corrected chi connectivity index (χ2v) is 5.92. The largest absolute Gasteiger partial charge is 0.354 e. The van der Waals surface area contributed by atoms with Crippen molar-refractivity contribution in [3.63, 3.8) is 0 Å². The SMILES string of the molecule is O=C1CCN(c2nc3nonc3nc2N2CCCCC2)CCN1. The number of nitrogens with one attached hydrogen (secondary N) is 1. The van der Waals surface area contributed by atoms with E-state index >= 15 is 0 Å². The Hall–Kier alpha value is -2.45. The summed E-state index contributed by atoms with van der Waals surface area (Å²) in [5.74, 6) is 1.66. The minimum absolute atomic E-state index is 0.0733. The Bertz CT molecular complexity index is 710. The molecule has 1 N–H and O–H groups in total. The Labute approximate surface area is 133 Å². The predicted octanol–water partition coefficient (Wildman–Crippen LogP) is 0.329. The molecule has 122 valence electrons. The first-order valence-corrected chi connectivity index (χ1v) is 8.08. The first kappa shape index (κ1) is 14.2. The maximum atomic E-state index is 11.6. The highest BCUT2D eigenvalue weighted by Gasteiger charge is 2.25. The Kier molecular flexibility index (Phi) is 3.68. The van der Waals surface area contributed by atoms with Gasteiger partial charge in [0.15, 0.2) is 11.6 Å². The van der Waals surface area contributed by atoms with Crippen LogP contribution in [0.3, 0.4) is 0 Å². The van der Waals surface area contributed by atoms with Crippen molar-refractivity contribution in [2.24, 2.45) is 0 Å². The number of aromatic nitrogens is 4. The molecule has 2 aliphatic heterocycles. The lowest BCUT2D eigenvalue weighted by Crippen LogP contribution is -2.35. The third kappa shape index (κ3) is 2.78. The molecule has 2 aromatic heterocycles. The van der Waals surface area contributed by atoms with Gasteiger partial charge in [-0.3, -0.25) is 4.79 Å². The van der Waals surface area contributed by atoms with Gasteiger partial charge in [0.25, 0.3) is 0 Å². The number of fused-ring (bicyclic) bond motifs is 1. The average Bonchev–Trinajstić information content (AvgIpc) is 2.94. The second-order valence-electron chi connectivity index (χ2n) is 5.92. The molecule has 2 aromatic rings. The summed E-state index contributed by atoms with van der Waals surface area (Å²) in [5, 5.41) is 10.5. The molecule has 9 nitrogen and oxygen atoms in total. The van der Waals surface area contributed by atoms with E-state index in [0.717, 1.165) is 37.6 Å². The van der Waals surface area contributed by atoms with Gasteiger partial charge in [0.1, 0.15) is 0 Å². The van der Waals surface area contributed by atoms with Crippen molar-refractivity contribution in [1.82, 2.24) is 25.6 Å². The zero-order valence-corrected chi connectivity index (χ0v) is 12.9. The van der Waals surface area contributed by atoms with Crippen LogP contribution >= 0.6 is 0 Å². The molecule has 0 spiro atoms. The molecular weight excluding hydrogens is 298 g/mol. The van der Waals surface area contributed by atoms with Crippen LogP contribution in [-0.2, 0) is 4.79 Å². The van der Waals surface area contributed by atoms with Gasteiger partial charge in [-0.25, -0.2) is 14.6 Å². The summed E-state index contributed by atoms with van der Waals surface area (Å²) in [4.78, 5) is 25.2. The van der Waals surface area contributed by atoms with E-state index in [1.807, 2.05) is 0 Å². The second kappa shape index (κ2) is 5.98. The molecule has 0 aromatic carbocycles. The van der Waals surface area contributed by atoms with E-state index in [1.54, 1.807) is 0 Å². The van der Waals surface area contributed by atoms with Crippen molar-refractivity contribution >= 4 is 28.8 Å². The lowest BCUT2D eigenvalue weighted by atomic mass is 10.1. The number of carbonyl (C=O) groups excluding carboxylic acids is 1. The maximum Gasteiger partial charge on any atom is 0.245 e. The van der Waals surface area contributed by atoms with Crippen LogP contribution in [-0.4, -0.2) is 58.9 Å². The van der Waals surface area contributed by atoms with Gasteiger partial charge >= 0.3 is 0 Å². The predicted molar refractivity (Wildman–Crippen MR) is 83.3 cm³/mol. The van der Waals surface area contributed by atoms with Crippen molar-refractivity contribution < 1.29 is 9.42 Å². The van der Waals surface area contributed by atoms with E-state index in [2.05, 4.69) is 35.4 Å². The number of amides is 1. The molecule has 0 bridgehead atoms. The van der Waals surface area contributed by atoms with Crippen LogP contribution in [0.25, 0.3) is 11.3 Å². The summed E-state index contributed by atoms with van der Waals surface area (Å²) in [6, 6.07) is 0. The molecule has 1 amide bonds. The summed E-state index contributed by atoms with van der Waals surface area (Å²) in [6.07, 6.45) is 4.00. The van der Waals surface area contributed by atoms with Crippen molar-refractivity contribution in [2.45, 2.75) is 25.7 Å². The van der Waals surface area contributed by atoms with Crippen molar-refractivity contribution in [3.05, 3.63) is 0 Å². The number of rotatable bonds is 2. The number of carbonyl (C=O) groups is 1. The van der Waals surface area contributed by atoms with Gasteiger partial charge in [-0.15, -0.1) is 0 Å². The zero-order chi connectivity index (χ0) is 15.6. The van der Waals surface area contributed by atoms with Crippen molar-refractivity contribution in [1.29, 1.82) is 0 Å². The Balaban J connectivity index is 1.74. The molecule has 4 heterocycles. The highest BCUT2D eigenvalue weighted by molar-refractivity contribution is 5.79. The van der Waals surface area contributed by atoms with Gasteiger partial charge in [0.2, 0.25) is 17.2 Å². The zero-order valence-electron chi connectivity index (χ0n) is 12.9. The molecule has 0 radical (unpaired) electrons. The fourth-order valence-corrected chi connectivity index (χ4v) is 3.13. The summed E-state index contributed by atoms with van der Waals surface area (Å²) in [6.45, 7) is 3.86. The molecule has 2 fully saturated rings. The van der Waals surface area contributed by atoms with Crippen LogP contribution in [0.2, 0.25) is 0 Å². The van der Waals surface area contributed by atoms with Gasteiger partial charge in [0, 0.05) is 39.1 Å². The average molecular weight is 317 g/mol. The lowest BCUT2D eigenvalue weighted by molar-refractivity contribution is -0.120.